The van der Waals surface area contributed by atoms with Gasteiger partial charge in [0.1, 0.15) is 18.3 Å². The molecule has 8 atom stereocenters. The molecule has 2 aliphatic rings. The molecule has 20 heteroatoms. The van der Waals surface area contributed by atoms with Crippen molar-refractivity contribution in [1.82, 2.24) is 10.2 Å². The van der Waals surface area contributed by atoms with Crippen LogP contribution in [-0.2, 0) is 40.9 Å². The van der Waals surface area contributed by atoms with E-state index in [9.17, 15) is 43.6 Å². The van der Waals surface area contributed by atoms with Crippen LogP contribution >= 0.6 is 23.5 Å². The summed E-state index contributed by atoms with van der Waals surface area (Å²) in [5.74, 6) is -0.637. The zero-order valence-electron chi connectivity index (χ0n) is 14.9. The van der Waals surface area contributed by atoms with E-state index < -0.39 is 66.9 Å². The molecule has 0 radical (unpaired) electrons. The summed E-state index contributed by atoms with van der Waals surface area (Å²) in [5.41, 5.74) is 0. The molecule has 1 amide bonds. The van der Waals surface area contributed by atoms with E-state index in [2.05, 4.69) is 23.0 Å². The van der Waals surface area contributed by atoms with Gasteiger partial charge in [0.25, 0.3) is 0 Å². The molecule has 0 aliphatic carbocycles. The highest BCUT2D eigenvalue weighted by Crippen LogP contribution is 2.67. The van der Waals surface area contributed by atoms with Gasteiger partial charge in [-0.05, 0) is 0 Å². The lowest BCUT2D eigenvalue weighted by atomic mass is 10.1. The standard InChI is InChI=1S/C10H19N2O15P3/c1-23-28(17,18)26-30(21,22)27-29(19,20)24-4-5-7(14)8(15)9(25-5)12-3-2-6(13)11-10(12)16/h2-3,5,7-10,14-16H,4H2,1H3,(H,11,13)(H,17,18)(H,19,20)(H,21,22)/t5-,7?,8?,9-,10?/m1/s1. The van der Waals surface area contributed by atoms with Crippen LogP contribution in [0.4, 0.5) is 0 Å². The third-order valence-electron chi connectivity index (χ3n) is 3.63. The zero-order valence-corrected chi connectivity index (χ0v) is 17.6. The largest absolute Gasteiger partial charge is 0.490 e. The number of nitrogens with one attached hydrogen (secondary N) is 1. The molecule has 2 aliphatic heterocycles. The van der Waals surface area contributed by atoms with Crippen LogP contribution in [0.2, 0.25) is 0 Å². The van der Waals surface area contributed by atoms with Crippen molar-refractivity contribution in [3.05, 3.63) is 12.3 Å². The van der Waals surface area contributed by atoms with Crippen LogP contribution in [0, 0.1) is 0 Å². The average molecular weight is 500 g/mol. The third kappa shape index (κ3) is 6.63. The number of aliphatic hydroxyl groups is 3. The number of aliphatic hydroxyl groups excluding tert-OH is 3. The van der Waals surface area contributed by atoms with Gasteiger partial charge in [0.15, 0.2) is 6.23 Å². The molecule has 1 saturated heterocycles. The van der Waals surface area contributed by atoms with E-state index >= 15 is 0 Å². The third-order valence-corrected chi connectivity index (χ3v) is 7.87. The normalized spacial score (nSPS) is 35.4. The lowest BCUT2D eigenvalue weighted by molar-refractivity contribution is -0.152. The van der Waals surface area contributed by atoms with Crippen LogP contribution in [0.15, 0.2) is 12.3 Å². The number of nitrogens with zero attached hydrogens (tertiary/aromatic N) is 1. The molecule has 6 unspecified atom stereocenters. The van der Waals surface area contributed by atoms with Gasteiger partial charge in [-0.2, -0.15) is 8.62 Å². The minimum Gasteiger partial charge on any atom is -0.387 e. The van der Waals surface area contributed by atoms with E-state index in [1.165, 1.54) is 0 Å². The van der Waals surface area contributed by atoms with E-state index in [1.807, 2.05) is 0 Å². The highest BCUT2D eigenvalue weighted by atomic mass is 31.3. The summed E-state index contributed by atoms with van der Waals surface area (Å²) in [4.78, 5) is 39.8. The maximum Gasteiger partial charge on any atom is 0.490 e. The fourth-order valence-corrected chi connectivity index (χ4v) is 5.59. The maximum absolute atomic E-state index is 11.8. The summed E-state index contributed by atoms with van der Waals surface area (Å²) in [7, 11) is -15.4. The van der Waals surface area contributed by atoms with Crippen molar-refractivity contribution in [3.8, 4) is 0 Å². The Balaban J connectivity index is 1.98. The fraction of sp³-hybridized carbons (Fsp3) is 0.700. The van der Waals surface area contributed by atoms with Gasteiger partial charge >= 0.3 is 23.5 Å². The topological polar surface area (TPSA) is 251 Å². The quantitative estimate of drug-likeness (QED) is 0.164. The van der Waals surface area contributed by atoms with Gasteiger partial charge in [-0.1, -0.05) is 0 Å². The van der Waals surface area contributed by atoms with Crippen LogP contribution in [0.1, 0.15) is 0 Å². The Morgan fingerprint density at radius 2 is 1.67 bits per heavy atom. The highest BCUT2D eigenvalue weighted by Gasteiger charge is 2.48. The molecule has 2 rings (SSSR count). The number of rotatable bonds is 9. The summed E-state index contributed by atoms with van der Waals surface area (Å²) < 4.78 is 55.5. The molecule has 0 saturated carbocycles. The van der Waals surface area contributed by atoms with Gasteiger partial charge in [0.05, 0.1) is 6.61 Å². The molecule has 30 heavy (non-hydrogen) atoms. The lowest BCUT2D eigenvalue weighted by Crippen LogP contribution is -2.55. The van der Waals surface area contributed by atoms with Crippen molar-refractivity contribution in [2.45, 2.75) is 30.9 Å². The van der Waals surface area contributed by atoms with Gasteiger partial charge in [-0.15, -0.1) is 0 Å². The van der Waals surface area contributed by atoms with Crippen molar-refractivity contribution >= 4 is 29.4 Å². The van der Waals surface area contributed by atoms with Crippen LogP contribution in [0.3, 0.4) is 0 Å². The number of phosphoric ester groups is 2. The molecule has 2 heterocycles. The van der Waals surface area contributed by atoms with Crippen LogP contribution in [0.5, 0.6) is 0 Å². The first-order valence-corrected chi connectivity index (χ1v) is 12.2. The Labute approximate surface area is 168 Å². The molecule has 0 aromatic heterocycles. The Morgan fingerprint density at radius 1 is 1.07 bits per heavy atom. The second-order valence-electron chi connectivity index (χ2n) is 5.74. The van der Waals surface area contributed by atoms with Crippen molar-refractivity contribution in [3.63, 3.8) is 0 Å². The predicted molar refractivity (Wildman–Crippen MR) is 90.4 cm³/mol. The maximum atomic E-state index is 11.8. The molecule has 7 N–H and O–H groups in total. The van der Waals surface area contributed by atoms with Crippen molar-refractivity contribution in [2.24, 2.45) is 0 Å². The van der Waals surface area contributed by atoms with E-state index in [0.29, 0.717) is 7.11 Å². The molecule has 0 aromatic carbocycles. The first kappa shape index (κ1) is 25.5. The first-order chi connectivity index (χ1) is 13.7. The van der Waals surface area contributed by atoms with Crippen LogP contribution in [-0.4, -0.2) is 85.4 Å². The Hall–Kier alpha value is -0.740. The average Bonchev–Trinajstić information content (AvgIpc) is 2.86. The highest BCUT2D eigenvalue weighted by molar-refractivity contribution is 7.66. The Kier molecular flexibility index (Phi) is 8.00. The molecule has 0 aromatic rings. The molecule has 1 fully saturated rings. The van der Waals surface area contributed by atoms with Gasteiger partial charge in [-0.25, -0.2) is 13.7 Å². The predicted octanol–water partition coefficient (Wildman–Crippen LogP) is -2.35. The summed E-state index contributed by atoms with van der Waals surface area (Å²) in [6, 6.07) is 0. The molecule has 17 nitrogen and oxygen atoms in total. The van der Waals surface area contributed by atoms with Gasteiger partial charge < -0.3 is 45.0 Å². The van der Waals surface area contributed by atoms with Crippen molar-refractivity contribution in [1.29, 1.82) is 0 Å². The minimum absolute atomic E-state index is 0.637. The van der Waals surface area contributed by atoms with E-state index in [-0.39, 0.29) is 0 Å². The number of carbonyl (C=O) groups is 1. The summed E-state index contributed by atoms with van der Waals surface area (Å²) >= 11 is 0. The smallest absolute Gasteiger partial charge is 0.387 e. The van der Waals surface area contributed by atoms with Gasteiger partial charge in [-0.3, -0.25) is 13.8 Å². The summed E-state index contributed by atoms with van der Waals surface area (Å²) in [6.07, 6.45) is -5.89. The SMILES string of the molecule is COP(=O)(O)OP(=O)(O)OP(=O)(O)OC[C@H]1O[C@@H](N2C=CC(=O)NC2O)C(O)C1O. The molecule has 0 spiro atoms. The zero-order chi connectivity index (χ0) is 22.9. The first-order valence-electron chi connectivity index (χ1n) is 7.73. The van der Waals surface area contributed by atoms with E-state index in [0.717, 1.165) is 17.2 Å². The fourth-order valence-electron chi connectivity index (χ4n) is 2.32. The Bertz CT molecular complexity index is 820. The number of ether oxygens (including phenoxy) is 1. The molecule has 174 valence electrons. The monoisotopic (exact) mass is 500 g/mol. The molecular weight excluding hydrogens is 481 g/mol. The summed E-state index contributed by atoms with van der Waals surface area (Å²) in [6.45, 7) is -0.983. The number of phosphoric acid groups is 3. The number of hydrogen-bond acceptors (Lipinski definition) is 13. The number of hydrogen-bond donors (Lipinski definition) is 7. The van der Waals surface area contributed by atoms with Crippen molar-refractivity contribution < 1.29 is 70.9 Å². The number of amides is 1. The van der Waals surface area contributed by atoms with Gasteiger partial charge in [0, 0.05) is 19.4 Å². The second kappa shape index (κ2) is 9.40. The lowest BCUT2D eigenvalue weighted by Gasteiger charge is -2.35. The molecular formula is C10H19N2O15P3. The minimum atomic E-state index is -5.61. The van der Waals surface area contributed by atoms with Crippen LogP contribution < -0.4 is 5.32 Å². The molecule has 0 bridgehead atoms. The number of carbonyl (C=O) groups excluding carboxylic acids is 1. The van der Waals surface area contributed by atoms with E-state index in [4.69, 9.17) is 9.63 Å². The summed E-state index contributed by atoms with van der Waals surface area (Å²) in [5, 5.41) is 32.0. The van der Waals surface area contributed by atoms with E-state index in [1.54, 1.807) is 0 Å². The van der Waals surface area contributed by atoms with Gasteiger partial charge in [0.2, 0.25) is 12.3 Å². The Morgan fingerprint density at radius 3 is 2.23 bits per heavy atom. The van der Waals surface area contributed by atoms with Crippen LogP contribution in [0.25, 0.3) is 0 Å². The van der Waals surface area contributed by atoms with Crippen molar-refractivity contribution in [2.75, 3.05) is 13.7 Å². The second-order valence-corrected chi connectivity index (χ2v) is 10.5.